The molecule has 1 aliphatic heterocycles. The molecule has 0 saturated carbocycles. The Morgan fingerprint density at radius 3 is 2.73 bits per heavy atom. The molecule has 3 aromatic rings. The first-order chi connectivity index (χ1) is 15.9. The lowest BCUT2D eigenvalue weighted by atomic mass is 10.1. The fourth-order valence-electron chi connectivity index (χ4n) is 3.89. The van der Waals surface area contributed by atoms with Gasteiger partial charge in [-0.05, 0) is 24.6 Å². The molecular weight excluding hydrogens is 430 g/mol. The van der Waals surface area contributed by atoms with Gasteiger partial charge in [0.05, 0.1) is 18.9 Å². The number of nitrogens with zero attached hydrogens (tertiary/aromatic N) is 3. The molecule has 4 rings (SSSR count). The smallest absolute Gasteiger partial charge is 0.317 e. The summed E-state index contributed by atoms with van der Waals surface area (Å²) in [5, 5.41) is 2.73. The average Bonchev–Trinajstić information content (AvgIpc) is 3.09. The molecule has 1 fully saturated rings. The van der Waals surface area contributed by atoms with Crippen LogP contribution in [-0.2, 0) is 6.54 Å². The molecule has 1 aromatic heterocycles. The van der Waals surface area contributed by atoms with E-state index in [2.05, 4.69) is 15.2 Å². The monoisotopic (exact) mass is 456 g/mol. The number of oxazole rings is 1. The maximum atomic E-state index is 13.8. The predicted molar refractivity (Wildman–Crippen MR) is 120 cm³/mol. The molecule has 0 bridgehead atoms. The number of urea groups is 1. The standard InChI is InChI=1S/C24H26F2N4O3/c1-16-27-15-23(33-16)20-7-6-19(13-22(20)32-2)29-8-3-9-30(11-10-29)24(31)28-14-17-4-5-18(25)12-21(17)26/h4-7,12-13,15H,3,8-11,14H2,1-2H3,(H,28,31). The second kappa shape index (κ2) is 9.89. The normalized spacial score (nSPS) is 14.2. The Labute approximate surface area is 191 Å². The second-order valence-corrected chi connectivity index (χ2v) is 7.85. The third kappa shape index (κ3) is 5.24. The van der Waals surface area contributed by atoms with Crippen LogP contribution in [0.15, 0.2) is 47.0 Å². The topological polar surface area (TPSA) is 70.8 Å². The van der Waals surface area contributed by atoms with Crippen LogP contribution in [0.5, 0.6) is 5.75 Å². The number of rotatable bonds is 5. The third-order valence-corrected chi connectivity index (χ3v) is 5.67. The van der Waals surface area contributed by atoms with Crippen LogP contribution >= 0.6 is 0 Å². The molecule has 0 atom stereocenters. The van der Waals surface area contributed by atoms with Crippen LogP contribution in [0.1, 0.15) is 17.9 Å². The largest absolute Gasteiger partial charge is 0.496 e. The van der Waals surface area contributed by atoms with Crippen molar-refractivity contribution in [2.75, 3.05) is 38.2 Å². The molecule has 1 saturated heterocycles. The number of aromatic nitrogens is 1. The average molecular weight is 456 g/mol. The number of carbonyl (C=O) groups is 1. The van der Waals surface area contributed by atoms with Gasteiger partial charge in [-0.25, -0.2) is 18.6 Å². The number of nitrogens with one attached hydrogen (secondary N) is 1. The summed E-state index contributed by atoms with van der Waals surface area (Å²) in [4.78, 5) is 20.7. The number of methoxy groups -OCH3 is 1. The summed E-state index contributed by atoms with van der Waals surface area (Å²) in [6.45, 7) is 4.32. The number of hydrogen-bond donors (Lipinski definition) is 1. The minimum absolute atomic E-state index is 0.00489. The Kier molecular flexibility index (Phi) is 6.76. The van der Waals surface area contributed by atoms with E-state index >= 15 is 0 Å². The number of aryl methyl sites for hydroxylation is 1. The summed E-state index contributed by atoms with van der Waals surface area (Å²) in [6.07, 6.45) is 2.46. The zero-order valence-electron chi connectivity index (χ0n) is 18.6. The summed E-state index contributed by atoms with van der Waals surface area (Å²) in [6, 6.07) is 8.97. The number of anilines is 1. The highest BCUT2D eigenvalue weighted by Crippen LogP contribution is 2.34. The molecule has 2 amide bonds. The van der Waals surface area contributed by atoms with Crippen LogP contribution in [0.3, 0.4) is 0 Å². The number of benzene rings is 2. The number of amides is 2. The van der Waals surface area contributed by atoms with Crippen molar-refractivity contribution in [2.24, 2.45) is 0 Å². The van der Waals surface area contributed by atoms with Gasteiger partial charge in [0.15, 0.2) is 11.7 Å². The van der Waals surface area contributed by atoms with E-state index in [1.54, 1.807) is 25.1 Å². The van der Waals surface area contributed by atoms with Gasteiger partial charge in [-0.3, -0.25) is 0 Å². The van der Waals surface area contributed by atoms with Crippen LogP contribution in [0, 0.1) is 18.6 Å². The van der Waals surface area contributed by atoms with Crippen LogP contribution in [0.4, 0.5) is 19.3 Å². The second-order valence-electron chi connectivity index (χ2n) is 7.85. The highest BCUT2D eigenvalue weighted by atomic mass is 19.1. The zero-order chi connectivity index (χ0) is 23.4. The molecular formula is C24H26F2N4O3. The van der Waals surface area contributed by atoms with Gasteiger partial charge in [-0.1, -0.05) is 6.07 Å². The molecule has 1 aliphatic rings. The van der Waals surface area contributed by atoms with Gasteiger partial charge in [-0.15, -0.1) is 0 Å². The van der Waals surface area contributed by atoms with Gasteiger partial charge in [0.2, 0.25) is 0 Å². The first-order valence-corrected chi connectivity index (χ1v) is 10.8. The predicted octanol–water partition coefficient (Wildman–Crippen LogP) is 4.36. The van der Waals surface area contributed by atoms with Crippen molar-refractivity contribution >= 4 is 11.7 Å². The van der Waals surface area contributed by atoms with E-state index in [0.717, 1.165) is 30.3 Å². The van der Waals surface area contributed by atoms with Gasteiger partial charge in [0.25, 0.3) is 0 Å². The van der Waals surface area contributed by atoms with Crippen molar-refractivity contribution in [3.63, 3.8) is 0 Å². The van der Waals surface area contributed by atoms with Crippen LogP contribution < -0.4 is 15.0 Å². The molecule has 7 nitrogen and oxygen atoms in total. The highest BCUT2D eigenvalue weighted by Gasteiger charge is 2.21. The van der Waals surface area contributed by atoms with Crippen LogP contribution in [-0.4, -0.2) is 49.2 Å². The number of ether oxygens (including phenoxy) is 1. The summed E-state index contributed by atoms with van der Waals surface area (Å²) < 4.78 is 38.1. The Bertz CT molecular complexity index is 1130. The zero-order valence-corrected chi connectivity index (χ0v) is 18.6. The maximum Gasteiger partial charge on any atom is 0.317 e. The summed E-state index contributed by atoms with van der Waals surface area (Å²) >= 11 is 0. The van der Waals surface area contributed by atoms with E-state index < -0.39 is 11.6 Å². The summed E-state index contributed by atoms with van der Waals surface area (Å²) in [5.74, 6) is 0.603. The van der Waals surface area contributed by atoms with E-state index in [-0.39, 0.29) is 18.1 Å². The third-order valence-electron chi connectivity index (χ3n) is 5.67. The summed E-state index contributed by atoms with van der Waals surface area (Å²) in [5.41, 5.74) is 2.06. The van der Waals surface area contributed by atoms with Crippen molar-refractivity contribution in [1.82, 2.24) is 15.2 Å². The van der Waals surface area contributed by atoms with Gasteiger partial charge < -0.3 is 24.3 Å². The van der Waals surface area contributed by atoms with Crippen LogP contribution in [0.2, 0.25) is 0 Å². The fraction of sp³-hybridized carbons (Fsp3) is 0.333. The van der Waals surface area contributed by atoms with E-state index in [9.17, 15) is 13.6 Å². The Balaban J connectivity index is 1.39. The van der Waals surface area contributed by atoms with Crippen molar-refractivity contribution in [1.29, 1.82) is 0 Å². The van der Waals surface area contributed by atoms with Crippen LogP contribution in [0.25, 0.3) is 11.3 Å². The lowest BCUT2D eigenvalue weighted by Gasteiger charge is -2.24. The first kappa shape index (κ1) is 22.6. The summed E-state index contributed by atoms with van der Waals surface area (Å²) in [7, 11) is 1.62. The molecule has 1 N–H and O–H groups in total. The van der Waals surface area contributed by atoms with Crippen molar-refractivity contribution in [2.45, 2.75) is 19.9 Å². The molecule has 9 heteroatoms. The molecule has 2 aromatic carbocycles. The number of halogens is 2. The highest BCUT2D eigenvalue weighted by molar-refractivity contribution is 5.74. The van der Waals surface area contributed by atoms with Gasteiger partial charge in [0, 0.05) is 63.0 Å². The van der Waals surface area contributed by atoms with Crippen molar-refractivity contribution in [3.8, 4) is 17.1 Å². The van der Waals surface area contributed by atoms with E-state index in [0.29, 0.717) is 37.0 Å². The molecule has 0 radical (unpaired) electrons. The molecule has 33 heavy (non-hydrogen) atoms. The molecule has 2 heterocycles. The van der Waals surface area contributed by atoms with E-state index in [1.807, 2.05) is 18.2 Å². The molecule has 174 valence electrons. The molecule has 0 aliphatic carbocycles. The SMILES string of the molecule is COc1cc(N2CCCN(C(=O)NCc3ccc(F)cc3F)CC2)ccc1-c1cnc(C)o1. The van der Waals surface area contributed by atoms with Gasteiger partial charge in [0.1, 0.15) is 17.4 Å². The Morgan fingerprint density at radius 2 is 2.00 bits per heavy atom. The van der Waals surface area contributed by atoms with E-state index in [4.69, 9.17) is 9.15 Å². The van der Waals surface area contributed by atoms with E-state index in [1.165, 1.54) is 12.1 Å². The number of hydrogen-bond acceptors (Lipinski definition) is 5. The fourth-order valence-corrected chi connectivity index (χ4v) is 3.89. The first-order valence-electron chi connectivity index (χ1n) is 10.8. The quantitative estimate of drug-likeness (QED) is 0.618. The van der Waals surface area contributed by atoms with Gasteiger partial charge >= 0.3 is 6.03 Å². The number of carbonyl (C=O) groups excluding carboxylic acids is 1. The lowest BCUT2D eigenvalue weighted by Crippen LogP contribution is -2.41. The van der Waals surface area contributed by atoms with Crippen molar-refractivity contribution < 1.29 is 22.7 Å². The Hall–Kier alpha value is -3.62. The molecule has 0 spiro atoms. The maximum absolute atomic E-state index is 13.8. The Morgan fingerprint density at radius 1 is 1.15 bits per heavy atom. The lowest BCUT2D eigenvalue weighted by molar-refractivity contribution is 0.201. The molecule has 0 unspecified atom stereocenters. The minimum atomic E-state index is -0.671. The van der Waals surface area contributed by atoms with Crippen molar-refractivity contribution in [3.05, 3.63) is 65.7 Å². The minimum Gasteiger partial charge on any atom is -0.496 e. The van der Waals surface area contributed by atoms with Gasteiger partial charge in [-0.2, -0.15) is 0 Å².